The predicted octanol–water partition coefficient (Wildman–Crippen LogP) is 2.97. The minimum atomic E-state index is 0.600. The first-order chi connectivity index (χ1) is 7.71. The van der Waals surface area contributed by atoms with Crippen LogP contribution in [-0.4, -0.2) is 31.1 Å². The molecule has 0 aromatic heterocycles. The van der Waals surface area contributed by atoms with Crippen molar-refractivity contribution in [2.24, 2.45) is 0 Å². The van der Waals surface area contributed by atoms with Crippen molar-refractivity contribution in [1.82, 2.24) is 4.90 Å². The molecule has 90 valence electrons. The van der Waals surface area contributed by atoms with E-state index in [-0.39, 0.29) is 0 Å². The van der Waals surface area contributed by atoms with Crippen LogP contribution in [0.3, 0.4) is 0 Å². The Kier molecular flexibility index (Phi) is 5.33. The van der Waals surface area contributed by atoms with E-state index in [0.29, 0.717) is 6.04 Å². The smallest absolute Gasteiger partial charge is 0.118 e. The molecule has 0 fully saturated rings. The van der Waals surface area contributed by atoms with Crippen LogP contribution in [0.25, 0.3) is 0 Å². The molecule has 0 bridgehead atoms. The van der Waals surface area contributed by atoms with Gasteiger partial charge in [-0.2, -0.15) is 0 Å². The van der Waals surface area contributed by atoms with Crippen molar-refractivity contribution in [2.75, 3.05) is 20.2 Å². The summed E-state index contributed by atoms with van der Waals surface area (Å²) in [6.45, 7) is 8.96. The zero-order valence-electron chi connectivity index (χ0n) is 10.9. The molecule has 16 heavy (non-hydrogen) atoms. The number of hydrogen-bond donors (Lipinski definition) is 0. The van der Waals surface area contributed by atoms with Gasteiger partial charge in [0.2, 0.25) is 0 Å². The zero-order valence-corrected chi connectivity index (χ0v) is 10.9. The van der Waals surface area contributed by atoms with E-state index in [9.17, 15) is 0 Å². The van der Waals surface area contributed by atoms with Gasteiger partial charge in [-0.1, -0.05) is 26.0 Å². The van der Waals surface area contributed by atoms with Gasteiger partial charge in [0.1, 0.15) is 5.75 Å². The van der Waals surface area contributed by atoms with Crippen LogP contribution in [0.5, 0.6) is 5.75 Å². The molecule has 0 saturated heterocycles. The molecule has 0 aliphatic heterocycles. The maximum atomic E-state index is 5.15. The number of benzene rings is 1. The Balaban J connectivity index is 2.58. The SMILES string of the molecule is CCN(CC)C(C)Cc1ccc(OC)cc1. The highest BCUT2D eigenvalue weighted by molar-refractivity contribution is 5.27. The molecule has 1 aromatic carbocycles. The Labute approximate surface area is 99.2 Å². The quantitative estimate of drug-likeness (QED) is 0.732. The van der Waals surface area contributed by atoms with E-state index in [1.807, 2.05) is 12.1 Å². The number of likely N-dealkylation sites (N-methyl/N-ethyl adjacent to an activating group) is 1. The van der Waals surface area contributed by atoms with Crippen LogP contribution in [0.4, 0.5) is 0 Å². The minimum Gasteiger partial charge on any atom is -0.497 e. The number of nitrogens with zero attached hydrogens (tertiary/aromatic N) is 1. The van der Waals surface area contributed by atoms with Gasteiger partial charge >= 0.3 is 0 Å². The van der Waals surface area contributed by atoms with Crippen LogP contribution in [-0.2, 0) is 6.42 Å². The number of methoxy groups -OCH3 is 1. The van der Waals surface area contributed by atoms with Gasteiger partial charge in [-0.05, 0) is 44.1 Å². The highest BCUT2D eigenvalue weighted by Gasteiger charge is 2.10. The lowest BCUT2D eigenvalue weighted by molar-refractivity contribution is 0.230. The summed E-state index contributed by atoms with van der Waals surface area (Å²) in [6.07, 6.45) is 1.10. The molecule has 2 nitrogen and oxygen atoms in total. The molecule has 0 aliphatic rings. The van der Waals surface area contributed by atoms with Crippen molar-refractivity contribution in [1.29, 1.82) is 0 Å². The molecule has 0 heterocycles. The third kappa shape index (κ3) is 3.53. The average molecular weight is 221 g/mol. The molecular formula is C14H23NO. The number of ether oxygens (including phenoxy) is 1. The van der Waals surface area contributed by atoms with Crippen molar-refractivity contribution in [3.05, 3.63) is 29.8 Å². The second-order valence-electron chi connectivity index (χ2n) is 4.12. The van der Waals surface area contributed by atoms with E-state index < -0.39 is 0 Å². The molecule has 1 aromatic rings. The Hall–Kier alpha value is -1.02. The maximum Gasteiger partial charge on any atom is 0.118 e. The number of hydrogen-bond acceptors (Lipinski definition) is 2. The predicted molar refractivity (Wildman–Crippen MR) is 69.1 cm³/mol. The average Bonchev–Trinajstić information content (AvgIpc) is 2.31. The fraction of sp³-hybridized carbons (Fsp3) is 0.571. The highest BCUT2D eigenvalue weighted by atomic mass is 16.5. The topological polar surface area (TPSA) is 12.5 Å². The second kappa shape index (κ2) is 6.54. The first-order valence-electron chi connectivity index (χ1n) is 6.08. The van der Waals surface area contributed by atoms with Gasteiger partial charge in [0.25, 0.3) is 0 Å². The Morgan fingerprint density at radius 1 is 1.12 bits per heavy atom. The molecule has 1 atom stereocenters. The molecule has 0 amide bonds. The van der Waals surface area contributed by atoms with Crippen molar-refractivity contribution in [3.8, 4) is 5.75 Å². The van der Waals surface area contributed by atoms with Crippen molar-refractivity contribution >= 4 is 0 Å². The molecule has 0 saturated carbocycles. The van der Waals surface area contributed by atoms with E-state index >= 15 is 0 Å². The maximum absolute atomic E-state index is 5.15. The zero-order chi connectivity index (χ0) is 12.0. The lowest BCUT2D eigenvalue weighted by Gasteiger charge is -2.26. The van der Waals surface area contributed by atoms with Gasteiger partial charge in [0, 0.05) is 6.04 Å². The van der Waals surface area contributed by atoms with Gasteiger partial charge < -0.3 is 9.64 Å². The van der Waals surface area contributed by atoms with Crippen molar-refractivity contribution in [3.63, 3.8) is 0 Å². The normalized spacial score (nSPS) is 12.8. The molecule has 0 spiro atoms. The Morgan fingerprint density at radius 3 is 2.12 bits per heavy atom. The third-order valence-corrected chi connectivity index (χ3v) is 3.13. The number of rotatable bonds is 6. The van der Waals surface area contributed by atoms with E-state index in [0.717, 1.165) is 25.3 Å². The molecule has 2 heteroatoms. The van der Waals surface area contributed by atoms with Gasteiger partial charge in [0.05, 0.1) is 7.11 Å². The van der Waals surface area contributed by atoms with E-state index in [1.165, 1.54) is 5.56 Å². The summed E-state index contributed by atoms with van der Waals surface area (Å²) in [5, 5.41) is 0. The summed E-state index contributed by atoms with van der Waals surface area (Å²) in [5.41, 5.74) is 1.38. The fourth-order valence-corrected chi connectivity index (χ4v) is 2.08. The van der Waals surface area contributed by atoms with Gasteiger partial charge in [-0.15, -0.1) is 0 Å². The van der Waals surface area contributed by atoms with Crippen LogP contribution in [0.1, 0.15) is 26.3 Å². The lowest BCUT2D eigenvalue weighted by atomic mass is 10.1. The second-order valence-corrected chi connectivity index (χ2v) is 4.12. The van der Waals surface area contributed by atoms with Gasteiger partial charge in [0.15, 0.2) is 0 Å². The van der Waals surface area contributed by atoms with E-state index in [2.05, 4.69) is 37.8 Å². The van der Waals surface area contributed by atoms with Crippen LogP contribution in [0.15, 0.2) is 24.3 Å². The summed E-state index contributed by atoms with van der Waals surface area (Å²) in [7, 11) is 1.70. The van der Waals surface area contributed by atoms with Crippen LogP contribution in [0, 0.1) is 0 Å². The standard InChI is InChI=1S/C14H23NO/c1-5-15(6-2)12(3)11-13-7-9-14(16-4)10-8-13/h7-10,12H,5-6,11H2,1-4H3. The molecule has 1 rings (SSSR count). The van der Waals surface area contributed by atoms with Gasteiger partial charge in [-0.3, -0.25) is 0 Å². The molecule has 0 radical (unpaired) electrons. The molecule has 0 N–H and O–H groups in total. The summed E-state index contributed by atoms with van der Waals surface area (Å²) in [4.78, 5) is 2.48. The highest BCUT2D eigenvalue weighted by Crippen LogP contribution is 2.14. The lowest BCUT2D eigenvalue weighted by Crippen LogP contribution is -2.34. The fourth-order valence-electron chi connectivity index (χ4n) is 2.08. The van der Waals surface area contributed by atoms with E-state index in [4.69, 9.17) is 4.74 Å². The van der Waals surface area contributed by atoms with Crippen molar-refractivity contribution in [2.45, 2.75) is 33.2 Å². The minimum absolute atomic E-state index is 0.600. The summed E-state index contributed by atoms with van der Waals surface area (Å²) in [5.74, 6) is 0.930. The molecular weight excluding hydrogens is 198 g/mol. The largest absolute Gasteiger partial charge is 0.497 e. The first-order valence-corrected chi connectivity index (χ1v) is 6.08. The summed E-state index contributed by atoms with van der Waals surface area (Å²) in [6, 6.07) is 8.97. The monoisotopic (exact) mass is 221 g/mol. The van der Waals surface area contributed by atoms with Crippen LogP contribution < -0.4 is 4.74 Å². The summed E-state index contributed by atoms with van der Waals surface area (Å²) >= 11 is 0. The first kappa shape index (κ1) is 13.0. The van der Waals surface area contributed by atoms with Crippen molar-refractivity contribution < 1.29 is 4.74 Å². The van der Waals surface area contributed by atoms with E-state index in [1.54, 1.807) is 7.11 Å². The molecule has 1 unspecified atom stereocenters. The Morgan fingerprint density at radius 2 is 1.69 bits per heavy atom. The molecule has 0 aliphatic carbocycles. The van der Waals surface area contributed by atoms with Crippen LogP contribution in [0.2, 0.25) is 0 Å². The Bertz CT molecular complexity index is 290. The summed E-state index contributed by atoms with van der Waals surface area (Å²) < 4.78 is 5.15. The van der Waals surface area contributed by atoms with Crippen LogP contribution >= 0.6 is 0 Å². The third-order valence-electron chi connectivity index (χ3n) is 3.13. The van der Waals surface area contributed by atoms with Gasteiger partial charge in [-0.25, -0.2) is 0 Å².